The third-order valence-electron chi connectivity index (χ3n) is 2.55. The van der Waals surface area contributed by atoms with Gasteiger partial charge in [0.25, 0.3) is 0 Å². The zero-order chi connectivity index (χ0) is 12.4. The van der Waals surface area contributed by atoms with Crippen LogP contribution in [0.25, 0.3) is 0 Å². The fraction of sp³-hybridized carbons (Fsp3) is 1.00. The summed E-state index contributed by atoms with van der Waals surface area (Å²) in [5.74, 6) is 0.570. The lowest BCUT2D eigenvalue weighted by atomic mass is 10.2. The van der Waals surface area contributed by atoms with Crippen molar-refractivity contribution in [1.29, 1.82) is 0 Å². The summed E-state index contributed by atoms with van der Waals surface area (Å²) in [4.78, 5) is 0. The Morgan fingerprint density at radius 2 is 1.56 bits per heavy atom. The average Bonchev–Trinajstić information content (AvgIpc) is 2.29. The Bertz CT molecular complexity index is 158. The largest absolute Gasteiger partial charge is 0.394 e. The van der Waals surface area contributed by atoms with Gasteiger partial charge in [0.15, 0.2) is 0 Å². The van der Waals surface area contributed by atoms with Gasteiger partial charge in [-0.1, -0.05) is 27.7 Å². The fourth-order valence-electron chi connectivity index (χ4n) is 1.45. The van der Waals surface area contributed by atoms with Gasteiger partial charge in [-0.2, -0.15) is 0 Å². The Hall–Kier alpha value is 0.0969. The van der Waals surface area contributed by atoms with Crippen molar-refractivity contribution in [2.45, 2.75) is 46.7 Å². The second-order valence-corrected chi connectivity index (χ2v) is 8.18. The fourth-order valence-corrected chi connectivity index (χ4v) is 3.94. The topological polar surface area (TPSA) is 27.7 Å². The molecule has 98 valence electrons. The number of rotatable bonds is 10. The molecule has 16 heavy (non-hydrogen) atoms. The maximum Gasteiger partial charge on any atom is 0.337 e. The minimum atomic E-state index is -1.94. The Kier molecular flexibility index (Phi) is 9.22. The van der Waals surface area contributed by atoms with E-state index in [1.807, 2.05) is 6.92 Å². The van der Waals surface area contributed by atoms with E-state index in [1.54, 1.807) is 0 Å². The molecule has 0 fully saturated rings. The molecule has 0 saturated carbocycles. The van der Waals surface area contributed by atoms with Crippen LogP contribution >= 0.6 is 0 Å². The van der Waals surface area contributed by atoms with Gasteiger partial charge in [0.05, 0.1) is 13.2 Å². The molecule has 0 aliphatic rings. The maximum atomic E-state index is 6.03. The molecule has 0 bridgehead atoms. The van der Waals surface area contributed by atoms with Crippen molar-refractivity contribution >= 4 is 8.56 Å². The van der Waals surface area contributed by atoms with E-state index in [0.717, 1.165) is 25.3 Å². The summed E-state index contributed by atoms with van der Waals surface area (Å²) in [6.45, 7) is 13.6. The minimum Gasteiger partial charge on any atom is -0.394 e. The molecule has 3 nitrogen and oxygen atoms in total. The highest BCUT2D eigenvalue weighted by molar-refractivity contribution is 6.67. The van der Waals surface area contributed by atoms with Crippen LogP contribution in [-0.4, -0.2) is 35.0 Å². The van der Waals surface area contributed by atoms with E-state index in [1.165, 1.54) is 0 Å². The van der Waals surface area contributed by atoms with Gasteiger partial charge in [0.2, 0.25) is 0 Å². The van der Waals surface area contributed by atoms with E-state index in [9.17, 15) is 0 Å². The highest BCUT2D eigenvalue weighted by atomic mass is 28.4. The lowest BCUT2D eigenvalue weighted by molar-refractivity contribution is 0.0818. The average molecular weight is 248 g/mol. The van der Waals surface area contributed by atoms with E-state index in [4.69, 9.17) is 13.6 Å². The van der Waals surface area contributed by atoms with Crippen molar-refractivity contribution < 1.29 is 13.6 Å². The smallest absolute Gasteiger partial charge is 0.337 e. The molecular weight excluding hydrogens is 220 g/mol. The molecule has 0 atom stereocenters. The molecule has 0 aromatic rings. The van der Waals surface area contributed by atoms with Gasteiger partial charge < -0.3 is 13.6 Å². The molecule has 0 aliphatic carbocycles. The van der Waals surface area contributed by atoms with Crippen LogP contribution in [0.1, 0.15) is 34.6 Å². The molecule has 0 radical (unpaired) electrons. The van der Waals surface area contributed by atoms with E-state index in [-0.39, 0.29) is 0 Å². The van der Waals surface area contributed by atoms with Crippen molar-refractivity contribution in [2.75, 3.05) is 26.4 Å². The van der Waals surface area contributed by atoms with E-state index < -0.39 is 8.56 Å². The first kappa shape index (κ1) is 16.1. The Morgan fingerprint density at radius 3 is 2.00 bits per heavy atom. The van der Waals surface area contributed by atoms with Crippen LogP contribution in [0.15, 0.2) is 0 Å². The molecule has 0 amide bonds. The van der Waals surface area contributed by atoms with Crippen LogP contribution in [0.3, 0.4) is 0 Å². The van der Waals surface area contributed by atoms with Crippen LogP contribution in [0.4, 0.5) is 0 Å². The van der Waals surface area contributed by atoms with Gasteiger partial charge in [0, 0.05) is 13.2 Å². The van der Waals surface area contributed by atoms with Crippen molar-refractivity contribution in [3.05, 3.63) is 0 Å². The molecule has 0 aromatic heterocycles. The van der Waals surface area contributed by atoms with Crippen LogP contribution in [0, 0.1) is 5.92 Å². The lowest BCUT2D eigenvalue weighted by Gasteiger charge is -2.29. The van der Waals surface area contributed by atoms with Crippen molar-refractivity contribution in [2.24, 2.45) is 5.92 Å². The molecule has 0 spiro atoms. The molecule has 0 saturated heterocycles. The van der Waals surface area contributed by atoms with E-state index in [2.05, 4.69) is 27.7 Å². The highest BCUT2D eigenvalue weighted by Crippen LogP contribution is 2.19. The first-order chi connectivity index (χ1) is 7.60. The predicted octanol–water partition coefficient (Wildman–Crippen LogP) is 3.19. The molecule has 0 aromatic carbocycles. The van der Waals surface area contributed by atoms with E-state index >= 15 is 0 Å². The van der Waals surface area contributed by atoms with Crippen LogP contribution < -0.4 is 0 Å². The third kappa shape index (κ3) is 6.63. The summed E-state index contributed by atoms with van der Waals surface area (Å²) >= 11 is 0. The molecule has 0 aliphatic heterocycles. The monoisotopic (exact) mass is 248 g/mol. The summed E-state index contributed by atoms with van der Waals surface area (Å²) in [6.07, 6.45) is 0. The number of hydrogen-bond donors (Lipinski definition) is 0. The molecule has 0 heterocycles. The first-order valence-corrected chi connectivity index (χ1v) is 8.69. The lowest BCUT2D eigenvalue weighted by Crippen LogP contribution is -2.42. The quantitative estimate of drug-likeness (QED) is 0.439. The number of ether oxygens (including phenoxy) is 1. The van der Waals surface area contributed by atoms with Crippen molar-refractivity contribution in [3.63, 3.8) is 0 Å². The van der Waals surface area contributed by atoms with Gasteiger partial charge in [-0.05, 0) is 24.9 Å². The molecule has 0 unspecified atom stereocenters. The summed E-state index contributed by atoms with van der Waals surface area (Å²) in [7, 11) is -1.94. The predicted molar refractivity (Wildman–Crippen MR) is 70.0 cm³/mol. The molecule has 0 N–H and O–H groups in total. The summed E-state index contributed by atoms with van der Waals surface area (Å²) in [5.41, 5.74) is 0. The van der Waals surface area contributed by atoms with Crippen molar-refractivity contribution in [3.8, 4) is 0 Å². The SMILES string of the molecule is CCOCCO[Si](CC)(CC)OCC(C)C. The standard InChI is InChI=1S/C12H28O3Si/c1-6-13-9-10-14-16(7-2,8-3)15-11-12(4)5/h12H,6-11H2,1-5H3. The first-order valence-electron chi connectivity index (χ1n) is 6.45. The number of hydrogen-bond acceptors (Lipinski definition) is 3. The van der Waals surface area contributed by atoms with E-state index in [0.29, 0.717) is 19.1 Å². The summed E-state index contributed by atoms with van der Waals surface area (Å²) in [5, 5.41) is 0. The summed E-state index contributed by atoms with van der Waals surface area (Å²) in [6, 6.07) is 2.03. The van der Waals surface area contributed by atoms with Gasteiger partial charge in [-0.3, -0.25) is 0 Å². The van der Waals surface area contributed by atoms with Crippen LogP contribution in [0.5, 0.6) is 0 Å². The Morgan fingerprint density at radius 1 is 0.938 bits per heavy atom. The Labute approximate surface area is 102 Å². The second kappa shape index (κ2) is 9.16. The van der Waals surface area contributed by atoms with Crippen LogP contribution in [0.2, 0.25) is 12.1 Å². The van der Waals surface area contributed by atoms with Crippen molar-refractivity contribution in [1.82, 2.24) is 0 Å². The Balaban J connectivity index is 4.00. The highest BCUT2D eigenvalue weighted by Gasteiger charge is 2.33. The summed E-state index contributed by atoms with van der Waals surface area (Å²) < 4.78 is 17.3. The minimum absolute atomic E-state index is 0.570. The second-order valence-electron chi connectivity index (χ2n) is 4.37. The zero-order valence-electron chi connectivity index (χ0n) is 11.5. The van der Waals surface area contributed by atoms with Crippen LogP contribution in [-0.2, 0) is 13.6 Å². The molecule has 4 heteroatoms. The molecule has 0 rings (SSSR count). The normalized spacial score (nSPS) is 12.4. The third-order valence-corrected chi connectivity index (χ3v) is 6.13. The van der Waals surface area contributed by atoms with Gasteiger partial charge in [-0.25, -0.2) is 0 Å². The van der Waals surface area contributed by atoms with Gasteiger partial charge in [0.1, 0.15) is 0 Å². The van der Waals surface area contributed by atoms with Gasteiger partial charge >= 0.3 is 8.56 Å². The maximum absolute atomic E-state index is 6.03. The van der Waals surface area contributed by atoms with Gasteiger partial charge in [-0.15, -0.1) is 0 Å². The zero-order valence-corrected chi connectivity index (χ0v) is 12.5. The molecular formula is C12H28O3Si.